The Balaban J connectivity index is 2.34. The Hall–Kier alpha value is -0.563. The maximum absolute atomic E-state index is 5.40. The van der Waals surface area contributed by atoms with E-state index in [9.17, 15) is 0 Å². The van der Waals surface area contributed by atoms with Gasteiger partial charge in [-0.05, 0) is 13.3 Å². The summed E-state index contributed by atoms with van der Waals surface area (Å²) in [5.74, 6) is 0. The van der Waals surface area contributed by atoms with Crippen molar-refractivity contribution in [1.29, 1.82) is 0 Å². The zero-order chi connectivity index (χ0) is 12.9. The summed E-state index contributed by atoms with van der Waals surface area (Å²) in [6.07, 6.45) is 5.65. The molecule has 17 heavy (non-hydrogen) atoms. The first kappa shape index (κ1) is 14.5. The van der Waals surface area contributed by atoms with Gasteiger partial charge < -0.3 is 23.1 Å². The maximum Gasteiger partial charge on any atom is 0.500 e. The summed E-state index contributed by atoms with van der Waals surface area (Å²) >= 11 is 0. The molecular formula is C11H24N2O3Si. The molecule has 1 aliphatic rings. The summed E-state index contributed by atoms with van der Waals surface area (Å²) in [6.45, 7) is 3.18. The highest BCUT2D eigenvalue weighted by molar-refractivity contribution is 6.60. The van der Waals surface area contributed by atoms with E-state index in [0.29, 0.717) is 6.17 Å². The lowest BCUT2D eigenvalue weighted by Gasteiger charge is -2.29. The standard InChI is InChI=1S/C11H24N2O3Si/c1-11-12(2)8-9-13(11)7-6-10-17(14-3,15-4)16-5/h8-9,11H,6-7,10H2,1-5H3. The third kappa shape index (κ3) is 3.45. The maximum atomic E-state index is 5.40. The molecule has 1 rings (SSSR count). The van der Waals surface area contributed by atoms with Crippen molar-refractivity contribution in [2.45, 2.75) is 25.6 Å². The van der Waals surface area contributed by atoms with Crippen LogP contribution in [-0.4, -0.2) is 59.7 Å². The minimum absolute atomic E-state index is 0.429. The molecule has 0 aromatic rings. The van der Waals surface area contributed by atoms with Crippen LogP contribution in [0.3, 0.4) is 0 Å². The van der Waals surface area contributed by atoms with Gasteiger partial charge in [0, 0.05) is 53.4 Å². The molecule has 5 nitrogen and oxygen atoms in total. The van der Waals surface area contributed by atoms with E-state index in [1.807, 2.05) is 0 Å². The SMILES string of the molecule is CO[Si](CCCN1C=CN(C)C1C)(OC)OC. The smallest absolute Gasteiger partial charge is 0.377 e. The summed E-state index contributed by atoms with van der Waals surface area (Å²) in [7, 11) is 4.66. The van der Waals surface area contributed by atoms with E-state index >= 15 is 0 Å². The highest BCUT2D eigenvalue weighted by Crippen LogP contribution is 2.18. The predicted octanol–water partition coefficient (Wildman–Crippen LogP) is 1.32. The van der Waals surface area contributed by atoms with Gasteiger partial charge in [-0.1, -0.05) is 0 Å². The third-order valence-corrected chi connectivity index (χ3v) is 6.23. The van der Waals surface area contributed by atoms with Crippen LogP contribution in [0.4, 0.5) is 0 Å². The predicted molar refractivity (Wildman–Crippen MR) is 69.3 cm³/mol. The molecule has 0 aromatic carbocycles. The summed E-state index contributed by atoms with van der Waals surface area (Å²) in [5.41, 5.74) is 0. The lowest BCUT2D eigenvalue weighted by atomic mass is 10.4. The molecule has 0 bridgehead atoms. The van der Waals surface area contributed by atoms with Crippen molar-refractivity contribution in [1.82, 2.24) is 9.80 Å². The fourth-order valence-electron chi connectivity index (χ4n) is 1.97. The van der Waals surface area contributed by atoms with Gasteiger partial charge in [0.1, 0.15) is 0 Å². The van der Waals surface area contributed by atoms with Crippen LogP contribution in [0.5, 0.6) is 0 Å². The second-order valence-electron chi connectivity index (χ2n) is 4.23. The van der Waals surface area contributed by atoms with Crippen molar-refractivity contribution in [2.75, 3.05) is 34.9 Å². The minimum atomic E-state index is -2.39. The fraction of sp³-hybridized carbons (Fsp3) is 0.818. The molecule has 1 aliphatic heterocycles. The monoisotopic (exact) mass is 260 g/mol. The molecule has 0 fully saturated rings. The average molecular weight is 260 g/mol. The van der Waals surface area contributed by atoms with Crippen molar-refractivity contribution in [3.8, 4) is 0 Å². The zero-order valence-corrected chi connectivity index (χ0v) is 12.5. The second kappa shape index (κ2) is 6.39. The lowest BCUT2D eigenvalue weighted by Crippen LogP contribution is -2.43. The molecule has 1 atom stereocenters. The Labute approximate surface area is 105 Å². The van der Waals surface area contributed by atoms with Gasteiger partial charge in [-0.3, -0.25) is 0 Å². The molecular weight excluding hydrogens is 236 g/mol. The average Bonchev–Trinajstić information content (AvgIpc) is 2.67. The number of rotatable bonds is 7. The topological polar surface area (TPSA) is 34.2 Å². The van der Waals surface area contributed by atoms with E-state index in [4.69, 9.17) is 13.3 Å². The molecule has 6 heteroatoms. The van der Waals surface area contributed by atoms with Gasteiger partial charge in [-0.2, -0.15) is 0 Å². The normalized spacial score (nSPS) is 20.4. The number of hydrogen-bond donors (Lipinski definition) is 0. The fourth-order valence-corrected chi connectivity index (χ4v) is 3.67. The second-order valence-corrected chi connectivity index (χ2v) is 7.32. The van der Waals surface area contributed by atoms with Crippen LogP contribution in [0.15, 0.2) is 12.4 Å². The molecule has 1 heterocycles. The van der Waals surface area contributed by atoms with E-state index in [1.165, 1.54) is 0 Å². The van der Waals surface area contributed by atoms with E-state index in [2.05, 4.69) is 36.2 Å². The van der Waals surface area contributed by atoms with Crippen molar-refractivity contribution >= 4 is 8.80 Å². The summed E-state index contributed by atoms with van der Waals surface area (Å²) in [5, 5.41) is 0. The van der Waals surface area contributed by atoms with Crippen LogP contribution < -0.4 is 0 Å². The Morgan fingerprint density at radius 2 is 1.71 bits per heavy atom. The van der Waals surface area contributed by atoms with Gasteiger partial charge >= 0.3 is 8.80 Å². The molecule has 1 unspecified atom stereocenters. The quantitative estimate of drug-likeness (QED) is 0.645. The molecule has 0 aromatic heterocycles. The first-order chi connectivity index (χ1) is 8.08. The number of nitrogens with zero attached hydrogens (tertiary/aromatic N) is 2. The van der Waals surface area contributed by atoms with Crippen LogP contribution in [0.1, 0.15) is 13.3 Å². The van der Waals surface area contributed by atoms with Crippen LogP contribution in [0, 0.1) is 0 Å². The molecule has 0 saturated heterocycles. The highest BCUT2D eigenvalue weighted by Gasteiger charge is 2.37. The Kier molecular flexibility index (Phi) is 5.45. The van der Waals surface area contributed by atoms with Crippen molar-refractivity contribution in [2.24, 2.45) is 0 Å². The third-order valence-electron chi connectivity index (χ3n) is 3.39. The molecule has 0 aliphatic carbocycles. The zero-order valence-electron chi connectivity index (χ0n) is 11.5. The van der Waals surface area contributed by atoms with Crippen molar-refractivity contribution < 1.29 is 13.3 Å². The molecule has 0 amide bonds. The van der Waals surface area contributed by atoms with Crippen molar-refractivity contribution in [3.05, 3.63) is 12.4 Å². The summed E-state index contributed by atoms with van der Waals surface area (Å²) < 4.78 is 16.2. The van der Waals surface area contributed by atoms with E-state index < -0.39 is 8.80 Å². The van der Waals surface area contributed by atoms with E-state index in [0.717, 1.165) is 19.0 Å². The summed E-state index contributed by atoms with van der Waals surface area (Å²) in [4.78, 5) is 4.49. The van der Waals surface area contributed by atoms with E-state index in [-0.39, 0.29) is 0 Å². The molecule has 0 spiro atoms. The first-order valence-electron chi connectivity index (χ1n) is 5.90. The molecule has 100 valence electrons. The molecule has 0 radical (unpaired) electrons. The van der Waals surface area contributed by atoms with Crippen LogP contribution in [0.25, 0.3) is 0 Å². The Bertz CT molecular complexity index is 251. The van der Waals surface area contributed by atoms with Gasteiger partial charge in [0.05, 0.1) is 6.17 Å². The minimum Gasteiger partial charge on any atom is -0.377 e. The van der Waals surface area contributed by atoms with E-state index in [1.54, 1.807) is 21.3 Å². The highest BCUT2D eigenvalue weighted by atomic mass is 28.4. The molecule has 0 N–H and O–H groups in total. The summed E-state index contributed by atoms with van der Waals surface area (Å²) in [6, 6.07) is 0.845. The largest absolute Gasteiger partial charge is 0.500 e. The van der Waals surface area contributed by atoms with Gasteiger partial charge in [0.15, 0.2) is 0 Å². The van der Waals surface area contributed by atoms with Gasteiger partial charge in [0.25, 0.3) is 0 Å². The first-order valence-corrected chi connectivity index (χ1v) is 7.83. The van der Waals surface area contributed by atoms with Gasteiger partial charge in [0.2, 0.25) is 0 Å². The Morgan fingerprint density at radius 3 is 2.12 bits per heavy atom. The lowest BCUT2D eigenvalue weighted by molar-refractivity contribution is 0.120. The van der Waals surface area contributed by atoms with Crippen LogP contribution in [0.2, 0.25) is 6.04 Å². The van der Waals surface area contributed by atoms with Gasteiger partial charge in [-0.25, -0.2) is 0 Å². The van der Waals surface area contributed by atoms with Crippen LogP contribution >= 0.6 is 0 Å². The van der Waals surface area contributed by atoms with Gasteiger partial charge in [-0.15, -0.1) is 0 Å². The van der Waals surface area contributed by atoms with Crippen LogP contribution in [-0.2, 0) is 13.3 Å². The Morgan fingerprint density at radius 1 is 1.12 bits per heavy atom. The van der Waals surface area contributed by atoms with Crippen molar-refractivity contribution in [3.63, 3.8) is 0 Å². The number of hydrogen-bond acceptors (Lipinski definition) is 5. The molecule has 0 saturated carbocycles.